The third-order valence-electron chi connectivity index (χ3n) is 3.44. The van der Waals surface area contributed by atoms with E-state index in [0.717, 1.165) is 0 Å². The van der Waals surface area contributed by atoms with Gasteiger partial charge in [-0.05, 0) is 30.3 Å². The highest BCUT2D eigenvalue weighted by Crippen LogP contribution is 2.25. The molecule has 9 heteroatoms. The predicted octanol–water partition coefficient (Wildman–Crippen LogP) is 1.99. The number of hydrogen-bond acceptors (Lipinski definition) is 6. The summed E-state index contributed by atoms with van der Waals surface area (Å²) in [5.41, 5.74) is 0.703. The van der Waals surface area contributed by atoms with Gasteiger partial charge in [0.2, 0.25) is 0 Å². The smallest absolute Gasteiger partial charge is 0.310 e. The highest BCUT2D eigenvalue weighted by Gasteiger charge is 2.15. The summed E-state index contributed by atoms with van der Waals surface area (Å²) in [7, 11) is 1.54. The number of nitrogens with one attached hydrogen (secondary N) is 2. The Kier molecular flexibility index (Phi) is 7.26. The Bertz CT molecular complexity index is 807. The van der Waals surface area contributed by atoms with Gasteiger partial charge >= 0.3 is 5.69 Å². The zero-order chi connectivity index (χ0) is 19.6. The Morgan fingerprint density at radius 1 is 1.11 bits per heavy atom. The molecular weight excluding hydrogens is 354 g/mol. The van der Waals surface area contributed by atoms with Gasteiger partial charge in [0.25, 0.3) is 11.8 Å². The number of carbonyl (C=O) groups excluding carboxylic acids is 2. The number of ether oxygens (including phenoxy) is 2. The molecule has 2 aromatic carbocycles. The fraction of sp³-hybridized carbons (Fsp3) is 0.222. The lowest BCUT2D eigenvalue weighted by atomic mass is 10.2. The molecule has 0 fully saturated rings. The molecule has 0 aliphatic carbocycles. The molecule has 0 heterocycles. The Morgan fingerprint density at radius 2 is 1.81 bits per heavy atom. The number of nitro groups is 1. The number of anilines is 1. The fourth-order valence-corrected chi connectivity index (χ4v) is 2.14. The first kappa shape index (κ1) is 19.9. The molecule has 0 radical (unpaired) electrons. The molecule has 2 amide bonds. The number of hydrogen-bond donors (Lipinski definition) is 2. The lowest BCUT2D eigenvalue weighted by molar-refractivity contribution is -0.385. The van der Waals surface area contributed by atoms with Crippen LogP contribution in [0.1, 0.15) is 10.4 Å². The number of rotatable bonds is 9. The first-order chi connectivity index (χ1) is 13.0. The third kappa shape index (κ3) is 6.08. The van der Waals surface area contributed by atoms with Crippen LogP contribution < -0.4 is 15.4 Å². The first-order valence-corrected chi connectivity index (χ1v) is 8.04. The first-order valence-electron chi connectivity index (χ1n) is 8.04. The van der Waals surface area contributed by atoms with E-state index in [9.17, 15) is 19.7 Å². The predicted molar refractivity (Wildman–Crippen MR) is 97.9 cm³/mol. The SMILES string of the molecule is COCCNC(=O)c1ccc(NC(=O)COc2ccccc2[N+](=O)[O-])cc1. The van der Waals surface area contributed by atoms with Crippen molar-refractivity contribution in [2.45, 2.75) is 0 Å². The van der Waals surface area contributed by atoms with Gasteiger partial charge in [0.05, 0.1) is 11.5 Å². The zero-order valence-corrected chi connectivity index (χ0v) is 14.6. The maximum Gasteiger partial charge on any atom is 0.310 e. The third-order valence-corrected chi connectivity index (χ3v) is 3.44. The number of para-hydroxylation sites is 2. The monoisotopic (exact) mass is 373 g/mol. The number of benzene rings is 2. The summed E-state index contributed by atoms with van der Waals surface area (Å²) in [6.07, 6.45) is 0. The van der Waals surface area contributed by atoms with E-state index >= 15 is 0 Å². The average Bonchev–Trinajstić information content (AvgIpc) is 2.67. The van der Waals surface area contributed by atoms with Gasteiger partial charge in [-0.1, -0.05) is 12.1 Å². The molecule has 0 unspecified atom stereocenters. The van der Waals surface area contributed by atoms with Crippen LogP contribution >= 0.6 is 0 Å². The topological polar surface area (TPSA) is 120 Å². The molecule has 0 bridgehead atoms. The highest BCUT2D eigenvalue weighted by atomic mass is 16.6. The molecule has 0 aliphatic rings. The van der Waals surface area contributed by atoms with Gasteiger partial charge in [-0.15, -0.1) is 0 Å². The van der Waals surface area contributed by atoms with E-state index in [1.807, 2.05) is 0 Å². The van der Waals surface area contributed by atoms with E-state index in [0.29, 0.717) is 24.4 Å². The second kappa shape index (κ2) is 9.88. The summed E-state index contributed by atoms with van der Waals surface area (Å²) in [6, 6.07) is 12.1. The molecule has 0 atom stereocenters. The standard InChI is InChI=1S/C18H19N3O6/c1-26-11-10-19-18(23)13-6-8-14(9-7-13)20-17(22)12-27-16-5-3-2-4-15(16)21(24)25/h2-9H,10-12H2,1H3,(H,19,23)(H,20,22). The van der Waals surface area contributed by atoms with Crippen molar-refractivity contribution in [1.29, 1.82) is 0 Å². The second-order valence-electron chi connectivity index (χ2n) is 5.39. The zero-order valence-electron chi connectivity index (χ0n) is 14.6. The van der Waals surface area contributed by atoms with Crippen molar-refractivity contribution >= 4 is 23.2 Å². The van der Waals surface area contributed by atoms with Crippen LogP contribution in [-0.4, -0.2) is 43.6 Å². The van der Waals surface area contributed by atoms with Crippen LogP contribution in [0.4, 0.5) is 11.4 Å². The molecule has 2 aromatic rings. The Morgan fingerprint density at radius 3 is 2.48 bits per heavy atom. The summed E-state index contributed by atoms with van der Waals surface area (Å²) >= 11 is 0. The Balaban J connectivity index is 1.87. The lowest BCUT2D eigenvalue weighted by Gasteiger charge is -2.09. The van der Waals surface area contributed by atoms with Gasteiger partial charge in [0, 0.05) is 31.0 Å². The van der Waals surface area contributed by atoms with Crippen LogP contribution in [-0.2, 0) is 9.53 Å². The van der Waals surface area contributed by atoms with E-state index in [1.165, 1.54) is 18.2 Å². The van der Waals surface area contributed by atoms with Gasteiger partial charge in [-0.2, -0.15) is 0 Å². The Labute approximate surface area is 155 Å². The number of amides is 2. The minimum atomic E-state index is -0.580. The van der Waals surface area contributed by atoms with Crippen LogP contribution in [0.3, 0.4) is 0 Å². The van der Waals surface area contributed by atoms with E-state index in [-0.39, 0.29) is 24.0 Å². The van der Waals surface area contributed by atoms with Crippen molar-refractivity contribution in [3.05, 3.63) is 64.2 Å². The van der Waals surface area contributed by atoms with Crippen LogP contribution in [0.25, 0.3) is 0 Å². The van der Waals surface area contributed by atoms with Gasteiger partial charge < -0.3 is 20.1 Å². The second-order valence-corrected chi connectivity index (χ2v) is 5.39. The van der Waals surface area contributed by atoms with Crippen molar-refractivity contribution in [3.63, 3.8) is 0 Å². The normalized spacial score (nSPS) is 10.1. The molecule has 9 nitrogen and oxygen atoms in total. The molecule has 27 heavy (non-hydrogen) atoms. The quantitative estimate of drug-likeness (QED) is 0.394. The van der Waals surface area contributed by atoms with E-state index < -0.39 is 10.8 Å². The van der Waals surface area contributed by atoms with E-state index in [4.69, 9.17) is 9.47 Å². The molecule has 0 saturated carbocycles. The molecule has 142 valence electrons. The summed E-state index contributed by atoms with van der Waals surface area (Å²) in [6.45, 7) is 0.431. The maximum absolute atomic E-state index is 12.0. The van der Waals surface area contributed by atoms with Gasteiger partial charge in [0.1, 0.15) is 0 Å². The molecule has 0 aliphatic heterocycles. The number of carbonyl (C=O) groups is 2. The number of nitro benzene ring substituents is 1. The van der Waals surface area contributed by atoms with Crippen LogP contribution in [0, 0.1) is 10.1 Å². The summed E-state index contributed by atoms with van der Waals surface area (Å²) in [5, 5.41) is 16.2. The maximum atomic E-state index is 12.0. The fourth-order valence-electron chi connectivity index (χ4n) is 2.14. The number of nitrogens with zero attached hydrogens (tertiary/aromatic N) is 1. The van der Waals surface area contributed by atoms with Crippen molar-refractivity contribution < 1.29 is 24.0 Å². The molecule has 0 spiro atoms. The van der Waals surface area contributed by atoms with Crippen molar-refractivity contribution in [1.82, 2.24) is 5.32 Å². The lowest BCUT2D eigenvalue weighted by Crippen LogP contribution is -2.26. The minimum Gasteiger partial charge on any atom is -0.477 e. The van der Waals surface area contributed by atoms with Crippen molar-refractivity contribution in [2.24, 2.45) is 0 Å². The van der Waals surface area contributed by atoms with Gasteiger partial charge in [-0.3, -0.25) is 19.7 Å². The number of methoxy groups -OCH3 is 1. The van der Waals surface area contributed by atoms with Crippen LogP contribution in [0.5, 0.6) is 5.75 Å². The van der Waals surface area contributed by atoms with E-state index in [1.54, 1.807) is 37.4 Å². The minimum absolute atomic E-state index is 0.0146. The molecule has 2 rings (SSSR count). The van der Waals surface area contributed by atoms with Crippen LogP contribution in [0.2, 0.25) is 0 Å². The molecule has 0 aromatic heterocycles. The van der Waals surface area contributed by atoms with Gasteiger partial charge in [0.15, 0.2) is 12.4 Å². The van der Waals surface area contributed by atoms with Crippen molar-refractivity contribution in [2.75, 3.05) is 32.2 Å². The summed E-state index contributed by atoms with van der Waals surface area (Å²) < 4.78 is 10.1. The van der Waals surface area contributed by atoms with E-state index in [2.05, 4.69) is 10.6 Å². The molecule has 0 saturated heterocycles. The largest absolute Gasteiger partial charge is 0.477 e. The average molecular weight is 373 g/mol. The van der Waals surface area contributed by atoms with Gasteiger partial charge in [-0.25, -0.2) is 0 Å². The Hall–Kier alpha value is -3.46. The molecular formula is C18H19N3O6. The molecule has 2 N–H and O–H groups in total. The summed E-state index contributed by atoms with van der Waals surface area (Å²) in [4.78, 5) is 34.2. The summed E-state index contributed by atoms with van der Waals surface area (Å²) in [5.74, 6) is -0.712. The van der Waals surface area contributed by atoms with Crippen LogP contribution in [0.15, 0.2) is 48.5 Å². The van der Waals surface area contributed by atoms with Crippen molar-refractivity contribution in [3.8, 4) is 5.75 Å². The highest BCUT2D eigenvalue weighted by molar-refractivity contribution is 5.96.